The monoisotopic (exact) mass is 508 g/mol. The van der Waals surface area contributed by atoms with Gasteiger partial charge in [0.1, 0.15) is 17.4 Å². The topological polar surface area (TPSA) is 62.1 Å². The van der Waals surface area contributed by atoms with Crippen LogP contribution >= 0.6 is 27.5 Å². The van der Waals surface area contributed by atoms with Gasteiger partial charge in [-0.1, -0.05) is 63.4 Å². The summed E-state index contributed by atoms with van der Waals surface area (Å²) in [6.45, 7) is 4.36. The number of aryl methyl sites for hydroxylation is 1. The average molecular weight is 510 g/mol. The Balaban J connectivity index is 1.91. The molecule has 0 heterocycles. The smallest absolute Gasteiger partial charge is 0.266 e. The number of benzene rings is 3. The van der Waals surface area contributed by atoms with Crippen LogP contribution in [0.4, 0.5) is 5.69 Å². The summed E-state index contributed by atoms with van der Waals surface area (Å²) in [5.41, 5.74) is 4.32. The first-order valence-corrected chi connectivity index (χ1v) is 11.3. The van der Waals surface area contributed by atoms with Gasteiger partial charge < -0.3 is 10.1 Å². The van der Waals surface area contributed by atoms with E-state index < -0.39 is 5.91 Å². The number of hydrogen-bond donors (Lipinski definition) is 1. The number of carbonyl (C=O) groups excluding carboxylic acids is 1. The number of nitrogens with one attached hydrogen (secondary N) is 1. The van der Waals surface area contributed by atoms with E-state index in [1.807, 2.05) is 68.4 Å². The van der Waals surface area contributed by atoms with Gasteiger partial charge in [-0.05, 0) is 61.4 Å². The van der Waals surface area contributed by atoms with Crippen LogP contribution in [0.15, 0.2) is 70.7 Å². The van der Waals surface area contributed by atoms with Gasteiger partial charge in [-0.15, -0.1) is 0 Å². The SMILES string of the molecule is CCOc1cc(/C=C(\C#N)C(=O)Nc2ccc(C)cc2)cc(Br)c1Cc1ccccc1Cl. The van der Waals surface area contributed by atoms with E-state index in [9.17, 15) is 10.1 Å². The van der Waals surface area contributed by atoms with Gasteiger partial charge in [-0.25, -0.2) is 0 Å². The first-order valence-electron chi connectivity index (χ1n) is 10.1. The normalized spacial score (nSPS) is 11.0. The van der Waals surface area contributed by atoms with Gasteiger partial charge in [0.05, 0.1) is 6.61 Å². The second-order valence-electron chi connectivity index (χ2n) is 7.17. The highest BCUT2D eigenvalue weighted by Crippen LogP contribution is 2.33. The summed E-state index contributed by atoms with van der Waals surface area (Å²) >= 11 is 9.96. The molecule has 3 aromatic carbocycles. The first kappa shape index (κ1) is 23.6. The fourth-order valence-electron chi connectivity index (χ4n) is 3.15. The third-order valence-electron chi connectivity index (χ3n) is 4.79. The first-order chi connectivity index (χ1) is 15.4. The van der Waals surface area contributed by atoms with Crippen molar-refractivity contribution in [2.75, 3.05) is 11.9 Å². The third kappa shape index (κ3) is 6.00. The highest BCUT2D eigenvalue weighted by atomic mass is 79.9. The molecule has 4 nitrogen and oxygen atoms in total. The van der Waals surface area contributed by atoms with Crippen LogP contribution in [0.3, 0.4) is 0 Å². The summed E-state index contributed by atoms with van der Waals surface area (Å²) < 4.78 is 6.68. The van der Waals surface area contributed by atoms with E-state index in [4.69, 9.17) is 16.3 Å². The molecule has 0 aromatic heterocycles. The Kier molecular flexibility index (Phi) is 8.10. The van der Waals surface area contributed by atoms with Gasteiger partial charge in [-0.3, -0.25) is 4.79 Å². The van der Waals surface area contributed by atoms with E-state index >= 15 is 0 Å². The van der Waals surface area contributed by atoms with Gasteiger partial charge in [0.2, 0.25) is 0 Å². The zero-order valence-corrected chi connectivity index (χ0v) is 20.1. The average Bonchev–Trinajstić information content (AvgIpc) is 2.77. The van der Waals surface area contributed by atoms with E-state index in [1.54, 1.807) is 18.2 Å². The van der Waals surface area contributed by atoms with Crippen LogP contribution in [0.1, 0.15) is 29.2 Å². The van der Waals surface area contributed by atoms with Crippen LogP contribution in [0.25, 0.3) is 6.08 Å². The predicted molar refractivity (Wildman–Crippen MR) is 133 cm³/mol. The zero-order chi connectivity index (χ0) is 23.1. The quantitative estimate of drug-likeness (QED) is 0.277. The van der Waals surface area contributed by atoms with Gasteiger partial charge in [0.25, 0.3) is 5.91 Å². The molecule has 0 spiro atoms. The van der Waals surface area contributed by atoms with Crippen LogP contribution in [0.2, 0.25) is 5.02 Å². The Morgan fingerprint density at radius 2 is 1.91 bits per heavy atom. The highest BCUT2D eigenvalue weighted by Gasteiger charge is 2.15. The lowest BCUT2D eigenvalue weighted by atomic mass is 10.0. The molecular formula is C26H22BrClN2O2. The minimum atomic E-state index is -0.467. The molecule has 0 unspecified atom stereocenters. The molecule has 3 aromatic rings. The molecule has 0 bridgehead atoms. The Morgan fingerprint density at radius 1 is 1.19 bits per heavy atom. The summed E-state index contributed by atoms with van der Waals surface area (Å²) in [6, 6.07) is 20.7. The second kappa shape index (κ2) is 11.0. The van der Waals surface area contributed by atoms with Crippen molar-refractivity contribution in [3.63, 3.8) is 0 Å². The van der Waals surface area contributed by atoms with Crippen molar-refractivity contribution in [3.8, 4) is 11.8 Å². The van der Waals surface area contributed by atoms with E-state index in [2.05, 4.69) is 21.2 Å². The lowest BCUT2D eigenvalue weighted by molar-refractivity contribution is -0.112. The molecule has 1 N–H and O–H groups in total. The maximum Gasteiger partial charge on any atom is 0.266 e. The van der Waals surface area contributed by atoms with Crippen LogP contribution in [-0.4, -0.2) is 12.5 Å². The van der Waals surface area contributed by atoms with Crippen molar-refractivity contribution in [2.45, 2.75) is 20.3 Å². The van der Waals surface area contributed by atoms with Crippen LogP contribution in [-0.2, 0) is 11.2 Å². The van der Waals surface area contributed by atoms with Crippen LogP contribution in [0, 0.1) is 18.3 Å². The molecule has 0 aliphatic heterocycles. The molecule has 0 aliphatic rings. The fourth-order valence-corrected chi connectivity index (χ4v) is 3.96. The standard InChI is InChI=1S/C26H22BrClN2O2/c1-3-32-25-14-18(13-23(27)22(25)15-19-6-4-5-7-24(19)28)12-20(16-29)26(31)30-21-10-8-17(2)9-11-21/h4-14H,3,15H2,1-2H3,(H,30,31)/b20-12+. The number of ether oxygens (including phenoxy) is 1. The maximum atomic E-state index is 12.6. The Bertz CT molecular complexity index is 1200. The zero-order valence-electron chi connectivity index (χ0n) is 17.8. The molecule has 0 atom stereocenters. The number of hydrogen-bond acceptors (Lipinski definition) is 3. The largest absolute Gasteiger partial charge is 0.494 e. The number of nitriles is 1. The molecule has 0 radical (unpaired) electrons. The van der Waals surface area contributed by atoms with Crippen molar-refractivity contribution in [1.82, 2.24) is 0 Å². The molecule has 0 saturated carbocycles. The van der Waals surface area contributed by atoms with Crippen LogP contribution < -0.4 is 10.1 Å². The molecule has 1 amide bonds. The van der Waals surface area contributed by atoms with Crippen molar-refractivity contribution in [2.24, 2.45) is 0 Å². The molecule has 0 saturated heterocycles. The Labute approximate surface area is 201 Å². The fraction of sp³-hybridized carbons (Fsp3) is 0.154. The van der Waals surface area contributed by atoms with Crippen molar-refractivity contribution in [1.29, 1.82) is 5.26 Å². The highest BCUT2D eigenvalue weighted by molar-refractivity contribution is 9.10. The van der Waals surface area contributed by atoms with Crippen molar-refractivity contribution >= 4 is 45.2 Å². The van der Waals surface area contributed by atoms with E-state index in [-0.39, 0.29) is 5.57 Å². The summed E-state index contributed by atoms with van der Waals surface area (Å²) in [5, 5.41) is 13.0. The Hall–Kier alpha value is -3.07. The summed E-state index contributed by atoms with van der Waals surface area (Å²) in [5.74, 6) is 0.204. The van der Waals surface area contributed by atoms with E-state index in [0.29, 0.717) is 35.1 Å². The molecule has 3 rings (SSSR count). The minimum Gasteiger partial charge on any atom is -0.494 e. The van der Waals surface area contributed by atoms with Crippen molar-refractivity contribution in [3.05, 3.63) is 98.0 Å². The summed E-state index contributed by atoms with van der Waals surface area (Å²) in [7, 11) is 0. The molecule has 0 fully saturated rings. The second-order valence-corrected chi connectivity index (χ2v) is 8.43. The number of halogens is 2. The number of nitrogens with zero attached hydrogens (tertiary/aromatic N) is 1. The van der Waals surface area contributed by atoms with Gasteiger partial charge in [0, 0.05) is 27.2 Å². The predicted octanol–water partition coefficient (Wildman–Crippen LogP) is 6.95. The number of anilines is 1. The maximum absolute atomic E-state index is 12.6. The minimum absolute atomic E-state index is 0.00113. The van der Waals surface area contributed by atoms with Crippen LogP contribution in [0.5, 0.6) is 5.75 Å². The summed E-state index contributed by atoms with van der Waals surface area (Å²) in [6.07, 6.45) is 2.13. The van der Waals surface area contributed by atoms with E-state index in [1.165, 1.54) is 0 Å². The number of rotatable bonds is 7. The lowest BCUT2D eigenvalue weighted by Crippen LogP contribution is -2.13. The third-order valence-corrected chi connectivity index (χ3v) is 5.86. The van der Waals surface area contributed by atoms with Crippen molar-refractivity contribution < 1.29 is 9.53 Å². The number of carbonyl (C=O) groups is 1. The molecular weight excluding hydrogens is 488 g/mol. The molecule has 6 heteroatoms. The molecule has 32 heavy (non-hydrogen) atoms. The molecule has 162 valence electrons. The van der Waals surface area contributed by atoms with Gasteiger partial charge in [0.15, 0.2) is 0 Å². The Morgan fingerprint density at radius 3 is 2.56 bits per heavy atom. The lowest BCUT2D eigenvalue weighted by Gasteiger charge is -2.15. The number of amides is 1. The van der Waals surface area contributed by atoms with Gasteiger partial charge >= 0.3 is 0 Å². The summed E-state index contributed by atoms with van der Waals surface area (Å²) in [4.78, 5) is 12.6. The molecule has 0 aliphatic carbocycles. The van der Waals surface area contributed by atoms with E-state index in [0.717, 1.165) is 21.2 Å². The van der Waals surface area contributed by atoms with Gasteiger partial charge in [-0.2, -0.15) is 5.26 Å².